The molecule has 1 N–H and O–H groups in total. The predicted octanol–water partition coefficient (Wildman–Crippen LogP) is 1.89. The Morgan fingerprint density at radius 3 is 3.20 bits per heavy atom. The molecule has 1 aliphatic carbocycles. The van der Waals surface area contributed by atoms with Gasteiger partial charge in [0, 0.05) is 5.92 Å². The van der Waals surface area contributed by atoms with E-state index in [-0.39, 0.29) is 0 Å². The molecule has 0 aromatic heterocycles. The van der Waals surface area contributed by atoms with Crippen LogP contribution in [0, 0.1) is 11.4 Å². The summed E-state index contributed by atoms with van der Waals surface area (Å²) >= 11 is 0. The standard InChI is InChI=1S/C7H12N3/c8-10-9-6-7-4-2-1-3-5-7/h2,4,7-8H,1,3,5-6H2/q+1. The largest absolute Gasteiger partial charge is 0.214 e. The van der Waals surface area contributed by atoms with Crippen LogP contribution in [0.1, 0.15) is 19.3 Å². The third kappa shape index (κ3) is 2.11. The van der Waals surface area contributed by atoms with Crippen molar-refractivity contribution in [2.45, 2.75) is 19.3 Å². The molecular weight excluding hydrogens is 126 g/mol. The second kappa shape index (κ2) is 3.96. The summed E-state index contributed by atoms with van der Waals surface area (Å²) in [7, 11) is 0. The van der Waals surface area contributed by atoms with Crippen LogP contribution in [-0.4, -0.2) is 6.54 Å². The molecule has 3 heteroatoms. The zero-order valence-electron chi connectivity index (χ0n) is 5.95. The van der Waals surface area contributed by atoms with E-state index in [1.165, 1.54) is 19.3 Å². The Morgan fingerprint density at radius 2 is 2.60 bits per heavy atom. The molecule has 0 amide bonds. The number of hydrogen-bond acceptors (Lipinski definition) is 2. The van der Waals surface area contributed by atoms with E-state index >= 15 is 0 Å². The summed E-state index contributed by atoms with van der Waals surface area (Å²) in [5.74, 6) is 0.544. The van der Waals surface area contributed by atoms with Crippen molar-refractivity contribution in [3.8, 4) is 0 Å². The highest BCUT2D eigenvalue weighted by Crippen LogP contribution is 2.16. The van der Waals surface area contributed by atoms with Gasteiger partial charge in [0.1, 0.15) is 17.2 Å². The lowest BCUT2D eigenvalue weighted by Crippen LogP contribution is -2.03. The Balaban J connectivity index is 2.32. The minimum Gasteiger partial charge on any atom is -0.0882 e. The van der Waals surface area contributed by atoms with Gasteiger partial charge in [-0.3, -0.25) is 0 Å². The predicted molar refractivity (Wildman–Crippen MR) is 38.6 cm³/mol. The van der Waals surface area contributed by atoms with E-state index in [1.807, 2.05) is 0 Å². The number of rotatable bonds is 2. The van der Waals surface area contributed by atoms with Crippen LogP contribution in [0.4, 0.5) is 0 Å². The lowest BCUT2D eigenvalue weighted by atomic mass is 9.96. The lowest BCUT2D eigenvalue weighted by molar-refractivity contribution is 0.538. The van der Waals surface area contributed by atoms with Crippen LogP contribution in [-0.2, 0) is 0 Å². The highest BCUT2D eigenvalue weighted by molar-refractivity contribution is 4.93. The Kier molecular flexibility index (Phi) is 2.84. The second-order valence-corrected chi connectivity index (χ2v) is 2.54. The van der Waals surface area contributed by atoms with Crippen LogP contribution < -0.4 is 4.91 Å². The van der Waals surface area contributed by atoms with Crippen molar-refractivity contribution in [1.29, 1.82) is 5.53 Å². The van der Waals surface area contributed by atoms with Crippen LogP contribution >= 0.6 is 0 Å². The molecule has 0 spiro atoms. The average Bonchev–Trinajstić information content (AvgIpc) is 2.03. The van der Waals surface area contributed by atoms with Gasteiger partial charge in [0.05, 0.1) is 0 Å². The van der Waals surface area contributed by atoms with E-state index in [9.17, 15) is 0 Å². The maximum atomic E-state index is 6.46. The van der Waals surface area contributed by atoms with E-state index < -0.39 is 0 Å². The Morgan fingerprint density at radius 1 is 1.70 bits per heavy atom. The summed E-state index contributed by atoms with van der Waals surface area (Å²) in [5, 5.41) is 3.64. The Hall–Kier alpha value is -0.950. The van der Waals surface area contributed by atoms with Gasteiger partial charge in [0.2, 0.25) is 4.91 Å². The zero-order valence-corrected chi connectivity index (χ0v) is 5.95. The van der Waals surface area contributed by atoms with Gasteiger partial charge in [-0.15, -0.1) is 0 Å². The van der Waals surface area contributed by atoms with E-state index in [0.29, 0.717) is 12.5 Å². The highest BCUT2D eigenvalue weighted by atomic mass is 15.1. The fraction of sp³-hybridized carbons (Fsp3) is 0.714. The van der Waals surface area contributed by atoms with Gasteiger partial charge < -0.3 is 0 Å². The SMILES string of the molecule is N=[N+]=NCC1C=CCCC1. The molecular formula is C7H12N3+. The molecule has 0 aromatic rings. The summed E-state index contributed by atoms with van der Waals surface area (Å²) in [6, 6.07) is 0. The van der Waals surface area contributed by atoms with Gasteiger partial charge >= 0.3 is 0 Å². The summed E-state index contributed by atoms with van der Waals surface area (Å²) < 4.78 is 0. The number of hydrogen-bond donors (Lipinski definition) is 1. The molecule has 0 saturated heterocycles. The van der Waals surface area contributed by atoms with E-state index in [0.717, 1.165) is 0 Å². The smallest absolute Gasteiger partial charge is 0.0882 e. The summed E-state index contributed by atoms with van der Waals surface area (Å²) in [5.41, 5.74) is 6.46. The maximum absolute atomic E-state index is 6.46. The molecule has 1 unspecified atom stereocenters. The molecule has 0 radical (unpaired) electrons. The van der Waals surface area contributed by atoms with Gasteiger partial charge in [-0.2, -0.15) is 0 Å². The third-order valence-electron chi connectivity index (χ3n) is 1.74. The van der Waals surface area contributed by atoms with Crippen molar-refractivity contribution in [2.75, 3.05) is 6.54 Å². The van der Waals surface area contributed by atoms with Crippen molar-refractivity contribution in [3.63, 3.8) is 0 Å². The first-order chi connectivity index (χ1) is 4.93. The van der Waals surface area contributed by atoms with Crippen molar-refractivity contribution < 1.29 is 0 Å². The minimum atomic E-state index is 0.544. The van der Waals surface area contributed by atoms with Gasteiger partial charge in [0.25, 0.3) is 0 Å². The molecule has 1 aliphatic rings. The van der Waals surface area contributed by atoms with Crippen LogP contribution in [0.5, 0.6) is 0 Å². The summed E-state index contributed by atoms with van der Waals surface area (Å²) in [4.78, 5) is 2.97. The lowest BCUT2D eigenvalue weighted by Gasteiger charge is -2.09. The Bertz CT molecular complexity index is 168. The third-order valence-corrected chi connectivity index (χ3v) is 1.74. The molecule has 3 nitrogen and oxygen atoms in total. The molecule has 0 aliphatic heterocycles. The molecule has 54 valence electrons. The van der Waals surface area contributed by atoms with Gasteiger partial charge in [0.15, 0.2) is 0 Å². The molecule has 1 rings (SSSR count). The maximum Gasteiger partial charge on any atom is 0.214 e. The van der Waals surface area contributed by atoms with Crippen LogP contribution in [0.15, 0.2) is 17.3 Å². The molecule has 0 heterocycles. The van der Waals surface area contributed by atoms with Gasteiger partial charge in [-0.1, -0.05) is 12.2 Å². The second-order valence-electron chi connectivity index (χ2n) is 2.54. The van der Waals surface area contributed by atoms with Crippen LogP contribution in [0.2, 0.25) is 0 Å². The molecule has 1 atom stereocenters. The first kappa shape index (κ1) is 7.16. The van der Waals surface area contributed by atoms with Crippen LogP contribution in [0.25, 0.3) is 0 Å². The normalized spacial score (nSPS) is 23.8. The summed E-state index contributed by atoms with van der Waals surface area (Å²) in [6.07, 6.45) is 8.03. The summed E-state index contributed by atoms with van der Waals surface area (Å²) in [6.45, 7) is 0.694. The van der Waals surface area contributed by atoms with Crippen molar-refractivity contribution >= 4 is 0 Å². The molecule has 0 saturated carbocycles. The molecule has 0 aromatic carbocycles. The average molecular weight is 138 g/mol. The highest BCUT2D eigenvalue weighted by Gasteiger charge is 2.08. The number of nitrogens with one attached hydrogen (secondary N) is 1. The van der Waals surface area contributed by atoms with E-state index in [1.54, 1.807) is 0 Å². The zero-order chi connectivity index (χ0) is 7.23. The number of nitrogens with zero attached hydrogens (tertiary/aromatic N) is 2. The van der Waals surface area contributed by atoms with Crippen LogP contribution in [0.3, 0.4) is 0 Å². The first-order valence-corrected chi connectivity index (χ1v) is 3.63. The molecule has 0 fully saturated rings. The monoisotopic (exact) mass is 138 g/mol. The number of allylic oxidation sites excluding steroid dienone is 1. The molecule has 10 heavy (non-hydrogen) atoms. The topological polar surface area (TPSA) is 50.3 Å². The fourth-order valence-electron chi connectivity index (χ4n) is 1.18. The molecule has 0 bridgehead atoms. The van der Waals surface area contributed by atoms with Gasteiger partial charge in [-0.25, -0.2) is 0 Å². The Labute approximate surface area is 60.4 Å². The minimum absolute atomic E-state index is 0.544. The van der Waals surface area contributed by atoms with Crippen molar-refractivity contribution in [1.82, 2.24) is 4.91 Å². The van der Waals surface area contributed by atoms with Crippen molar-refractivity contribution in [2.24, 2.45) is 11.0 Å². The van der Waals surface area contributed by atoms with Crippen molar-refractivity contribution in [3.05, 3.63) is 12.2 Å². The van der Waals surface area contributed by atoms with Gasteiger partial charge in [-0.05, 0) is 19.3 Å². The fourth-order valence-corrected chi connectivity index (χ4v) is 1.18. The van der Waals surface area contributed by atoms with E-state index in [2.05, 4.69) is 22.2 Å². The van der Waals surface area contributed by atoms with E-state index in [4.69, 9.17) is 5.53 Å². The first-order valence-electron chi connectivity index (χ1n) is 3.63. The quantitative estimate of drug-likeness (QED) is 0.344.